The average Bonchev–Trinajstić information content (AvgIpc) is 2.99. The molecule has 1 saturated heterocycles. The molecule has 2 aliphatic heterocycles. The lowest BCUT2D eigenvalue weighted by Crippen LogP contribution is -2.37. The summed E-state index contributed by atoms with van der Waals surface area (Å²) in [6.45, 7) is 5.62. The van der Waals surface area contributed by atoms with Crippen LogP contribution in [0.4, 0.5) is 5.69 Å². The van der Waals surface area contributed by atoms with Crippen LogP contribution in [0.1, 0.15) is 36.0 Å². The van der Waals surface area contributed by atoms with Gasteiger partial charge in [0.2, 0.25) is 0 Å². The number of imide groups is 1. The van der Waals surface area contributed by atoms with Gasteiger partial charge in [-0.3, -0.25) is 9.59 Å². The predicted molar refractivity (Wildman–Crippen MR) is 114 cm³/mol. The highest BCUT2D eigenvalue weighted by Gasteiger charge is 2.43. The van der Waals surface area contributed by atoms with Gasteiger partial charge in [0.25, 0.3) is 11.8 Å². The van der Waals surface area contributed by atoms with Crippen LogP contribution in [0.3, 0.4) is 0 Å². The molecule has 0 bridgehead atoms. The van der Waals surface area contributed by atoms with Crippen LogP contribution >= 0.6 is 0 Å². The molecule has 0 unspecified atom stereocenters. The molecule has 0 radical (unpaired) electrons. The summed E-state index contributed by atoms with van der Waals surface area (Å²) in [4.78, 5) is 30.5. The van der Waals surface area contributed by atoms with Crippen LogP contribution in [-0.2, 0) is 9.59 Å². The molecule has 2 amide bonds. The Morgan fingerprint density at radius 2 is 1.66 bits per heavy atom. The second-order valence-corrected chi connectivity index (χ2v) is 7.74. The molecule has 2 aromatic carbocycles. The molecule has 2 aromatic rings. The molecule has 0 saturated carbocycles. The topological polar surface area (TPSA) is 49.9 Å². The number of hydrogen-bond donors (Lipinski definition) is 0. The van der Waals surface area contributed by atoms with E-state index in [1.807, 2.05) is 26.0 Å². The van der Waals surface area contributed by atoms with Gasteiger partial charge >= 0.3 is 0 Å². The highest BCUT2D eigenvalue weighted by molar-refractivity contribution is 6.45. The van der Waals surface area contributed by atoms with Crippen molar-refractivity contribution in [3.8, 4) is 5.75 Å². The molecule has 0 spiro atoms. The van der Waals surface area contributed by atoms with Crippen LogP contribution in [0.5, 0.6) is 5.75 Å². The van der Waals surface area contributed by atoms with Crippen LogP contribution in [0.2, 0.25) is 0 Å². The number of carbonyl (C=O) groups excluding carboxylic acids is 2. The van der Waals surface area contributed by atoms with E-state index in [0.29, 0.717) is 22.7 Å². The van der Waals surface area contributed by atoms with E-state index in [0.717, 1.165) is 49.0 Å². The van der Waals surface area contributed by atoms with E-state index in [1.165, 1.54) is 4.90 Å². The van der Waals surface area contributed by atoms with E-state index in [-0.39, 0.29) is 11.8 Å². The molecule has 1 fully saturated rings. The Kier molecular flexibility index (Phi) is 5.14. The van der Waals surface area contributed by atoms with E-state index in [4.69, 9.17) is 4.74 Å². The third-order valence-corrected chi connectivity index (χ3v) is 5.69. The smallest absolute Gasteiger partial charge is 0.282 e. The highest BCUT2D eigenvalue weighted by Crippen LogP contribution is 2.37. The quantitative estimate of drug-likeness (QED) is 0.738. The molecule has 5 nitrogen and oxygen atoms in total. The monoisotopic (exact) mass is 390 g/mol. The van der Waals surface area contributed by atoms with Crippen molar-refractivity contribution >= 4 is 23.1 Å². The number of aryl methyl sites for hydroxylation is 2. The fourth-order valence-corrected chi connectivity index (χ4v) is 4.25. The van der Waals surface area contributed by atoms with Gasteiger partial charge < -0.3 is 9.64 Å². The zero-order valence-corrected chi connectivity index (χ0v) is 17.2. The first kappa shape index (κ1) is 19.2. The summed E-state index contributed by atoms with van der Waals surface area (Å²) in [6.07, 6.45) is 3.22. The number of ether oxygens (including phenoxy) is 1. The highest BCUT2D eigenvalue weighted by atomic mass is 16.5. The van der Waals surface area contributed by atoms with Crippen LogP contribution in [0.15, 0.2) is 48.2 Å². The summed E-state index contributed by atoms with van der Waals surface area (Å²) in [5, 5.41) is 0. The standard InChI is InChI=1S/C24H26N2O3/c1-16-10-11-20(17(2)14-16)21-22(25-12-5-4-6-13-25)24(28)26(23(21)27)18-8-7-9-19(15-18)29-3/h7-11,14-15H,4-6,12-13H2,1-3H3. The molecule has 29 heavy (non-hydrogen) atoms. The van der Waals surface area contributed by atoms with Crippen molar-refractivity contribution in [3.05, 3.63) is 64.9 Å². The van der Waals surface area contributed by atoms with Crippen molar-refractivity contribution in [2.75, 3.05) is 25.1 Å². The van der Waals surface area contributed by atoms with E-state index in [9.17, 15) is 9.59 Å². The minimum atomic E-state index is -0.268. The Balaban J connectivity index is 1.85. The molecule has 0 aromatic heterocycles. The SMILES string of the molecule is COc1cccc(N2C(=O)C(c3ccc(C)cc3C)=C(N3CCCCC3)C2=O)c1. The van der Waals surface area contributed by atoms with E-state index < -0.39 is 0 Å². The first-order chi connectivity index (χ1) is 14.0. The summed E-state index contributed by atoms with van der Waals surface area (Å²) >= 11 is 0. The van der Waals surface area contributed by atoms with Crippen molar-refractivity contribution in [2.45, 2.75) is 33.1 Å². The second kappa shape index (κ2) is 7.74. The maximum Gasteiger partial charge on any atom is 0.282 e. The lowest BCUT2D eigenvalue weighted by atomic mass is 9.97. The minimum absolute atomic E-state index is 0.250. The molecule has 5 heteroatoms. The summed E-state index contributed by atoms with van der Waals surface area (Å²) in [5.41, 5.74) is 4.55. The summed E-state index contributed by atoms with van der Waals surface area (Å²) in [7, 11) is 1.57. The number of methoxy groups -OCH3 is 1. The number of nitrogens with zero attached hydrogens (tertiary/aromatic N) is 2. The molecule has 0 N–H and O–H groups in total. The molecular weight excluding hydrogens is 364 g/mol. The zero-order valence-electron chi connectivity index (χ0n) is 17.2. The first-order valence-electron chi connectivity index (χ1n) is 10.1. The van der Waals surface area contributed by atoms with Gasteiger partial charge in [0.1, 0.15) is 11.4 Å². The maximum absolute atomic E-state index is 13.6. The summed E-state index contributed by atoms with van der Waals surface area (Å²) in [6, 6.07) is 13.1. The first-order valence-corrected chi connectivity index (χ1v) is 10.1. The molecule has 0 aliphatic carbocycles. The van der Waals surface area contributed by atoms with Crippen molar-refractivity contribution in [3.63, 3.8) is 0 Å². The fraction of sp³-hybridized carbons (Fsp3) is 0.333. The van der Waals surface area contributed by atoms with Crippen molar-refractivity contribution < 1.29 is 14.3 Å². The largest absolute Gasteiger partial charge is 0.497 e. The van der Waals surface area contributed by atoms with Crippen LogP contribution < -0.4 is 9.64 Å². The summed E-state index contributed by atoms with van der Waals surface area (Å²) < 4.78 is 5.30. The van der Waals surface area contributed by atoms with Crippen LogP contribution in [0, 0.1) is 13.8 Å². The lowest BCUT2D eigenvalue weighted by molar-refractivity contribution is -0.120. The fourth-order valence-electron chi connectivity index (χ4n) is 4.25. The zero-order chi connectivity index (χ0) is 20.5. The Morgan fingerprint density at radius 1 is 0.897 bits per heavy atom. The van der Waals surface area contributed by atoms with Crippen molar-refractivity contribution in [1.29, 1.82) is 0 Å². The molecular formula is C24H26N2O3. The molecule has 2 aliphatic rings. The van der Waals surface area contributed by atoms with E-state index in [2.05, 4.69) is 11.0 Å². The van der Waals surface area contributed by atoms with Gasteiger partial charge in [-0.25, -0.2) is 4.90 Å². The second-order valence-electron chi connectivity index (χ2n) is 7.74. The normalized spacial score (nSPS) is 17.3. The number of rotatable bonds is 4. The third-order valence-electron chi connectivity index (χ3n) is 5.69. The Hall–Kier alpha value is -3.08. The maximum atomic E-state index is 13.6. The number of anilines is 1. The van der Waals surface area contributed by atoms with Gasteiger partial charge in [-0.2, -0.15) is 0 Å². The average molecular weight is 390 g/mol. The van der Waals surface area contributed by atoms with Gasteiger partial charge in [-0.15, -0.1) is 0 Å². The van der Waals surface area contributed by atoms with Gasteiger partial charge in [0, 0.05) is 19.2 Å². The minimum Gasteiger partial charge on any atom is -0.497 e. The number of amides is 2. The Bertz CT molecular complexity index is 1000. The van der Waals surface area contributed by atoms with Crippen LogP contribution in [0.25, 0.3) is 5.57 Å². The van der Waals surface area contributed by atoms with Crippen molar-refractivity contribution in [1.82, 2.24) is 4.90 Å². The van der Waals surface area contributed by atoms with Crippen molar-refractivity contribution in [2.24, 2.45) is 0 Å². The molecule has 2 heterocycles. The molecule has 150 valence electrons. The number of hydrogen-bond acceptors (Lipinski definition) is 4. The third kappa shape index (κ3) is 3.41. The molecule has 0 atom stereocenters. The van der Waals surface area contributed by atoms with Gasteiger partial charge in [0.05, 0.1) is 18.4 Å². The number of likely N-dealkylation sites (tertiary alicyclic amines) is 1. The van der Waals surface area contributed by atoms with Gasteiger partial charge in [0.15, 0.2) is 0 Å². The number of carbonyl (C=O) groups is 2. The van der Waals surface area contributed by atoms with Gasteiger partial charge in [-0.1, -0.05) is 29.8 Å². The Morgan fingerprint density at radius 3 is 2.34 bits per heavy atom. The van der Waals surface area contributed by atoms with E-state index >= 15 is 0 Å². The summed E-state index contributed by atoms with van der Waals surface area (Å²) in [5.74, 6) is 0.0958. The number of piperidine rings is 1. The predicted octanol–water partition coefficient (Wildman–Crippen LogP) is 4.08. The van der Waals surface area contributed by atoms with Crippen LogP contribution in [-0.4, -0.2) is 36.9 Å². The lowest BCUT2D eigenvalue weighted by Gasteiger charge is -2.29. The Labute approximate surface area is 171 Å². The number of benzene rings is 2. The molecule has 4 rings (SSSR count). The van der Waals surface area contributed by atoms with E-state index in [1.54, 1.807) is 31.4 Å². The van der Waals surface area contributed by atoms with Gasteiger partial charge in [-0.05, 0) is 56.4 Å².